The predicted molar refractivity (Wildman–Crippen MR) is 164 cm³/mol. The molecule has 0 aliphatic heterocycles. The number of fused-ring (bicyclic) bond motifs is 6. The second-order valence-corrected chi connectivity index (χ2v) is 10.3. The number of nitrogens with zero attached hydrogens (tertiary/aromatic N) is 1. The van der Waals surface area contributed by atoms with Gasteiger partial charge >= 0.3 is 0 Å². The summed E-state index contributed by atoms with van der Waals surface area (Å²) >= 11 is 0. The summed E-state index contributed by atoms with van der Waals surface area (Å²) in [6, 6.07) is 47.9. The zero-order valence-electron chi connectivity index (χ0n) is 21.6. The quantitative estimate of drug-likeness (QED) is 0.236. The number of furan rings is 1. The van der Waals surface area contributed by atoms with Crippen LogP contribution in [0.5, 0.6) is 0 Å². The van der Waals surface area contributed by atoms with E-state index in [2.05, 4.69) is 145 Å². The smallest absolute Gasteiger partial charge is 0.135 e. The highest BCUT2D eigenvalue weighted by Crippen LogP contribution is 2.38. The van der Waals surface area contributed by atoms with Crippen LogP contribution in [0.2, 0.25) is 0 Å². The van der Waals surface area contributed by atoms with Crippen molar-refractivity contribution >= 4 is 43.7 Å². The van der Waals surface area contributed by atoms with Crippen molar-refractivity contribution in [3.8, 4) is 27.9 Å². The third-order valence-corrected chi connectivity index (χ3v) is 7.84. The van der Waals surface area contributed by atoms with Crippen LogP contribution in [0.1, 0.15) is 5.56 Å². The van der Waals surface area contributed by atoms with E-state index in [9.17, 15) is 0 Å². The second-order valence-electron chi connectivity index (χ2n) is 10.3. The summed E-state index contributed by atoms with van der Waals surface area (Å²) in [6.07, 6.45) is 0. The van der Waals surface area contributed by atoms with E-state index in [0.717, 1.165) is 16.6 Å². The summed E-state index contributed by atoms with van der Waals surface area (Å²) in [5, 5.41) is 4.82. The Kier molecular flexibility index (Phi) is 4.77. The fraction of sp³-hybridized carbons (Fsp3) is 0.0270. The van der Waals surface area contributed by atoms with E-state index < -0.39 is 0 Å². The molecule has 2 nitrogen and oxygen atoms in total. The summed E-state index contributed by atoms with van der Waals surface area (Å²) in [6.45, 7) is 2.13. The number of hydrogen-bond donors (Lipinski definition) is 0. The molecule has 39 heavy (non-hydrogen) atoms. The standard InChI is InChI=1S/C37H25NO/c1-24-12-18-36-32(20-24)33-23-28(15-19-37(33)39-36)27-14-17-35-31(22-27)30-21-26(25-8-4-2-5-9-25)13-16-34(30)38(35)29-10-6-3-7-11-29/h2-23H,1H3. The molecule has 0 aliphatic rings. The minimum atomic E-state index is 0.925. The van der Waals surface area contributed by atoms with Crippen LogP contribution in [0.25, 0.3) is 71.7 Å². The Morgan fingerprint density at radius 2 is 0.949 bits per heavy atom. The molecule has 2 heterocycles. The minimum Gasteiger partial charge on any atom is -0.456 e. The Morgan fingerprint density at radius 3 is 1.62 bits per heavy atom. The molecule has 8 rings (SSSR count). The lowest BCUT2D eigenvalue weighted by atomic mass is 9.99. The number of hydrogen-bond acceptors (Lipinski definition) is 1. The highest BCUT2D eigenvalue weighted by atomic mass is 16.3. The third kappa shape index (κ3) is 3.49. The molecule has 0 unspecified atom stereocenters. The van der Waals surface area contributed by atoms with Gasteiger partial charge in [0.1, 0.15) is 11.2 Å². The summed E-state index contributed by atoms with van der Waals surface area (Å²) in [4.78, 5) is 0. The zero-order chi connectivity index (χ0) is 25.9. The number of aromatic nitrogens is 1. The monoisotopic (exact) mass is 499 g/mol. The Hall–Kier alpha value is -5.08. The minimum absolute atomic E-state index is 0.925. The van der Waals surface area contributed by atoms with Gasteiger partial charge in [-0.3, -0.25) is 0 Å². The first kappa shape index (κ1) is 22.0. The van der Waals surface area contributed by atoms with Gasteiger partial charge in [0.25, 0.3) is 0 Å². The molecule has 0 radical (unpaired) electrons. The van der Waals surface area contributed by atoms with Crippen molar-refractivity contribution < 1.29 is 4.42 Å². The van der Waals surface area contributed by atoms with Gasteiger partial charge in [0.2, 0.25) is 0 Å². The Balaban J connectivity index is 1.38. The van der Waals surface area contributed by atoms with Crippen LogP contribution in [-0.4, -0.2) is 4.57 Å². The van der Waals surface area contributed by atoms with Gasteiger partial charge in [0.15, 0.2) is 0 Å². The SMILES string of the molecule is Cc1ccc2oc3ccc(-c4ccc5c(c4)c4cc(-c6ccccc6)ccc4n5-c4ccccc4)cc3c2c1. The Bertz CT molecular complexity index is 2170. The van der Waals surface area contributed by atoms with E-state index in [1.54, 1.807) is 0 Å². The van der Waals surface area contributed by atoms with Crippen LogP contribution < -0.4 is 0 Å². The molecule has 0 fully saturated rings. The molecule has 0 N–H and O–H groups in total. The van der Waals surface area contributed by atoms with Crippen molar-refractivity contribution in [2.45, 2.75) is 6.92 Å². The van der Waals surface area contributed by atoms with Crippen molar-refractivity contribution in [1.82, 2.24) is 4.57 Å². The van der Waals surface area contributed by atoms with Crippen LogP contribution in [0, 0.1) is 6.92 Å². The van der Waals surface area contributed by atoms with E-state index >= 15 is 0 Å². The van der Waals surface area contributed by atoms with Crippen molar-refractivity contribution in [3.05, 3.63) is 139 Å². The summed E-state index contributed by atoms with van der Waals surface area (Å²) in [5.74, 6) is 0. The van der Waals surface area contributed by atoms with Gasteiger partial charge in [-0.25, -0.2) is 0 Å². The number of rotatable bonds is 3. The maximum absolute atomic E-state index is 6.13. The molecule has 2 aromatic heterocycles. The molecule has 0 atom stereocenters. The summed E-state index contributed by atoms with van der Waals surface area (Å²) in [7, 11) is 0. The third-order valence-electron chi connectivity index (χ3n) is 7.84. The number of benzene rings is 6. The molecule has 8 aromatic rings. The Morgan fingerprint density at radius 1 is 0.436 bits per heavy atom. The molecule has 6 aromatic carbocycles. The molecule has 0 bridgehead atoms. The highest BCUT2D eigenvalue weighted by molar-refractivity contribution is 6.12. The van der Waals surface area contributed by atoms with Gasteiger partial charge in [-0.15, -0.1) is 0 Å². The van der Waals surface area contributed by atoms with E-state index in [-0.39, 0.29) is 0 Å². The largest absolute Gasteiger partial charge is 0.456 e. The summed E-state index contributed by atoms with van der Waals surface area (Å²) < 4.78 is 8.50. The molecule has 0 aliphatic carbocycles. The van der Waals surface area contributed by atoms with Gasteiger partial charge in [0.05, 0.1) is 11.0 Å². The van der Waals surface area contributed by atoms with Crippen LogP contribution in [0.15, 0.2) is 138 Å². The first-order chi connectivity index (χ1) is 19.2. The molecule has 184 valence electrons. The lowest BCUT2D eigenvalue weighted by Crippen LogP contribution is -1.93. The van der Waals surface area contributed by atoms with E-state index in [4.69, 9.17) is 4.42 Å². The average Bonchev–Trinajstić information content (AvgIpc) is 3.52. The molecule has 0 saturated carbocycles. The first-order valence-corrected chi connectivity index (χ1v) is 13.4. The molecular weight excluding hydrogens is 474 g/mol. The first-order valence-electron chi connectivity index (χ1n) is 13.4. The van der Waals surface area contributed by atoms with Crippen molar-refractivity contribution in [2.75, 3.05) is 0 Å². The number of aryl methyl sites for hydroxylation is 1. The van der Waals surface area contributed by atoms with E-state index in [1.807, 2.05) is 0 Å². The molecular formula is C37H25NO. The van der Waals surface area contributed by atoms with Crippen LogP contribution in [-0.2, 0) is 0 Å². The molecule has 0 spiro atoms. The average molecular weight is 500 g/mol. The lowest BCUT2D eigenvalue weighted by Gasteiger charge is -2.08. The molecule has 0 saturated heterocycles. The fourth-order valence-corrected chi connectivity index (χ4v) is 5.94. The molecule has 2 heteroatoms. The Labute approximate surface area is 226 Å². The van der Waals surface area contributed by atoms with Crippen LogP contribution in [0.3, 0.4) is 0 Å². The number of para-hydroxylation sites is 1. The van der Waals surface area contributed by atoms with Crippen molar-refractivity contribution in [2.24, 2.45) is 0 Å². The van der Waals surface area contributed by atoms with Gasteiger partial charge < -0.3 is 8.98 Å². The maximum atomic E-state index is 6.13. The van der Waals surface area contributed by atoms with Crippen molar-refractivity contribution in [3.63, 3.8) is 0 Å². The topological polar surface area (TPSA) is 18.1 Å². The predicted octanol–water partition coefficient (Wildman–Crippen LogP) is 10.3. The van der Waals surface area contributed by atoms with E-state index in [0.29, 0.717) is 0 Å². The highest BCUT2D eigenvalue weighted by Gasteiger charge is 2.15. The lowest BCUT2D eigenvalue weighted by molar-refractivity contribution is 0.669. The van der Waals surface area contributed by atoms with Crippen molar-refractivity contribution in [1.29, 1.82) is 0 Å². The van der Waals surface area contributed by atoms with E-state index in [1.165, 1.54) is 60.7 Å². The maximum Gasteiger partial charge on any atom is 0.135 e. The fourth-order valence-electron chi connectivity index (χ4n) is 5.94. The normalized spacial score (nSPS) is 11.7. The zero-order valence-corrected chi connectivity index (χ0v) is 21.6. The van der Waals surface area contributed by atoms with Gasteiger partial charge in [-0.2, -0.15) is 0 Å². The molecule has 0 amide bonds. The summed E-state index contributed by atoms with van der Waals surface area (Å²) in [5.41, 5.74) is 11.5. The second kappa shape index (κ2) is 8.47. The van der Waals surface area contributed by atoms with Crippen LogP contribution in [0.4, 0.5) is 0 Å². The van der Waals surface area contributed by atoms with Gasteiger partial charge in [-0.1, -0.05) is 78.4 Å². The van der Waals surface area contributed by atoms with Gasteiger partial charge in [-0.05, 0) is 89.8 Å². The van der Waals surface area contributed by atoms with Crippen LogP contribution >= 0.6 is 0 Å². The van der Waals surface area contributed by atoms with Gasteiger partial charge in [0, 0.05) is 27.2 Å².